The van der Waals surface area contributed by atoms with E-state index in [9.17, 15) is 9.90 Å². The minimum atomic E-state index is -0.404. The van der Waals surface area contributed by atoms with Crippen molar-refractivity contribution >= 4 is 27.8 Å². The number of hydrogen-bond acceptors (Lipinski definition) is 3. The molecule has 0 spiro atoms. The molecule has 4 heteroatoms. The lowest BCUT2D eigenvalue weighted by atomic mass is 10.0. The van der Waals surface area contributed by atoms with Crippen LogP contribution in [-0.2, 0) is 17.7 Å². The van der Waals surface area contributed by atoms with Gasteiger partial charge in [0, 0.05) is 11.9 Å². The average molecular weight is 359 g/mol. The highest BCUT2D eigenvalue weighted by atomic mass is 16.5. The molecule has 0 atom stereocenters. The lowest BCUT2D eigenvalue weighted by Gasteiger charge is -2.09. The minimum Gasteiger partial charge on any atom is -0.507 e. The van der Waals surface area contributed by atoms with E-state index in [0.717, 1.165) is 34.0 Å². The van der Waals surface area contributed by atoms with Crippen LogP contribution in [0.2, 0.25) is 0 Å². The SMILES string of the molecule is CCc1cc(O)c2c3c(C(=O)OC)cccc3n(Cc3ccccc3)c2c1. The highest BCUT2D eigenvalue weighted by Gasteiger charge is 2.21. The molecule has 0 fully saturated rings. The summed E-state index contributed by atoms with van der Waals surface area (Å²) in [6.07, 6.45) is 0.820. The van der Waals surface area contributed by atoms with Crippen LogP contribution in [0.15, 0.2) is 60.7 Å². The van der Waals surface area contributed by atoms with E-state index < -0.39 is 5.97 Å². The summed E-state index contributed by atoms with van der Waals surface area (Å²) < 4.78 is 7.13. The van der Waals surface area contributed by atoms with Gasteiger partial charge in [-0.1, -0.05) is 43.3 Å². The molecule has 4 rings (SSSR count). The Labute approximate surface area is 157 Å². The smallest absolute Gasteiger partial charge is 0.338 e. The molecule has 0 aliphatic rings. The Bertz CT molecular complexity index is 1140. The number of ether oxygens (including phenoxy) is 1. The van der Waals surface area contributed by atoms with Gasteiger partial charge >= 0.3 is 5.97 Å². The van der Waals surface area contributed by atoms with Crippen molar-refractivity contribution in [2.45, 2.75) is 19.9 Å². The predicted octanol–water partition coefficient (Wildman–Crippen LogP) is 4.90. The van der Waals surface area contributed by atoms with E-state index in [4.69, 9.17) is 4.74 Å². The van der Waals surface area contributed by atoms with Crippen molar-refractivity contribution < 1.29 is 14.6 Å². The van der Waals surface area contributed by atoms with Crippen LogP contribution in [0.3, 0.4) is 0 Å². The van der Waals surface area contributed by atoms with Crippen LogP contribution in [0.1, 0.15) is 28.4 Å². The molecule has 0 saturated carbocycles. The first kappa shape index (κ1) is 17.2. The van der Waals surface area contributed by atoms with Crippen molar-refractivity contribution in [3.8, 4) is 5.75 Å². The van der Waals surface area contributed by atoms with Gasteiger partial charge in [-0.2, -0.15) is 0 Å². The van der Waals surface area contributed by atoms with Crippen molar-refractivity contribution in [1.82, 2.24) is 4.57 Å². The van der Waals surface area contributed by atoms with Gasteiger partial charge in [0.1, 0.15) is 5.75 Å². The summed E-state index contributed by atoms with van der Waals surface area (Å²) in [7, 11) is 1.37. The second-order valence-corrected chi connectivity index (χ2v) is 6.63. The average Bonchev–Trinajstić information content (AvgIpc) is 3.02. The number of phenolic OH excluding ortho intramolecular Hbond substituents is 1. The van der Waals surface area contributed by atoms with Gasteiger partial charge in [0.2, 0.25) is 0 Å². The van der Waals surface area contributed by atoms with Gasteiger partial charge in [-0.3, -0.25) is 0 Å². The van der Waals surface area contributed by atoms with Crippen LogP contribution in [0.5, 0.6) is 5.75 Å². The second-order valence-electron chi connectivity index (χ2n) is 6.63. The van der Waals surface area contributed by atoms with E-state index >= 15 is 0 Å². The first-order chi connectivity index (χ1) is 13.1. The maximum Gasteiger partial charge on any atom is 0.338 e. The molecule has 0 aliphatic carbocycles. The van der Waals surface area contributed by atoms with Crippen LogP contribution < -0.4 is 0 Å². The number of aryl methyl sites for hydroxylation is 1. The number of nitrogens with zero attached hydrogens (tertiary/aromatic N) is 1. The molecule has 0 amide bonds. The summed E-state index contributed by atoms with van der Waals surface area (Å²) >= 11 is 0. The number of aromatic nitrogens is 1. The molecule has 1 aromatic heterocycles. The summed E-state index contributed by atoms with van der Waals surface area (Å²) in [5.41, 5.74) is 4.49. The molecule has 0 unspecified atom stereocenters. The fourth-order valence-electron chi connectivity index (χ4n) is 3.72. The molecule has 4 aromatic rings. The number of hydrogen-bond donors (Lipinski definition) is 1. The monoisotopic (exact) mass is 359 g/mol. The number of carbonyl (C=O) groups excluding carboxylic acids is 1. The molecule has 0 radical (unpaired) electrons. The third-order valence-corrected chi connectivity index (χ3v) is 5.03. The molecule has 1 N–H and O–H groups in total. The number of benzene rings is 3. The quantitative estimate of drug-likeness (QED) is 0.528. The van der Waals surface area contributed by atoms with Crippen molar-refractivity contribution in [2.24, 2.45) is 0 Å². The van der Waals surface area contributed by atoms with E-state index in [0.29, 0.717) is 17.5 Å². The third-order valence-electron chi connectivity index (χ3n) is 5.03. The van der Waals surface area contributed by atoms with Gasteiger partial charge in [-0.05, 0) is 41.8 Å². The highest BCUT2D eigenvalue weighted by molar-refractivity contribution is 6.19. The van der Waals surface area contributed by atoms with Gasteiger partial charge in [0.15, 0.2) is 0 Å². The molecule has 4 nitrogen and oxygen atoms in total. The number of methoxy groups -OCH3 is 1. The summed E-state index contributed by atoms with van der Waals surface area (Å²) in [5, 5.41) is 12.2. The largest absolute Gasteiger partial charge is 0.507 e. The Morgan fingerprint density at radius 1 is 0.963 bits per heavy atom. The molecule has 0 bridgehead atoms. The Morgan fingerprint density at radius 2 is 1.74 bits per heavy atom. The molecular weight excluding hydrogens is 338 g/mol. The van der Waals surface area contributed by atoms with Crippen molar-refractivity contribution in [3.63, 3.8) is 0 Å². The summed E-state index contributed by atoms with van der Waals surface area (Å²) in [4.78, 5) is 12.4. The van der Waals surface area contributed by atoms with E-state index in [1.54, 1.807) is 12.1 Å². The second kappa shape index (κ2) is 6.80. The van der Waals surface area contributed by atoms with Crippen LogP contribution in [0.4, 0.5) is 0 Å². The molecular formula is C23H21NO3. The van der Waals surface area contributed by atoms with Crippen LogP contribution in [-0.4, -0.2) is 22.8 Å². The Morgan fingerprint density at radius 3 is 2.44 bits per heavy atom. The first-order valence-electron chi connectivity index (χ1n) is 9.03. The summed E-state index contributed by atoms with van der Waals surface area (Å²) in [6, 6.07) is 19.6. The van der Waals surface area contributed by atoms with Crippen LogP contribution >= 0.6 is 0 Å². The Hall–Kier alpha value is -3.27. The molecule has 0 saturated heterocycles. The zero-order valence-corrected chi connectivity index (χ0v) is 15.4. The number of carbonyl (C=O) groups is 1. The zero-order chi connectivity index (χ0) is 19.0. The summed E-state index contributed by atoms with van der Waals surface area (Å²) in [6.45, 7) is 2.71. The lowest BCUT2D eigenvalue weighted by molar-refractivity contribution is 0.0603. The normalized spacial score (nSPS) is 11.2. The van der Waals surface area contributed by atoms with E-state index in [2.05, 4.69) is 29.7 Å². The minimum absolute atomic E-state index is 0.192. The highest BCUT2D eigenvalue weighted by Crippen LogP contribution is 2.38. The molecule has 27 heavy (non-hydrogen) atoms. The van der Waals surface area contributed by atoms with E-state index in [1.165, 1.54) is 7.11 Å². The van der Waals surface area contributed by atoms with Crippen molar-refractivity contribution in [2.75, 3.05) is 7.11 Å². The number of fused-ring (bicyclic) bond motifs is 3. The fourth-order valence-corrected chi connectivity index (χ4v) is 3.72. The van der Waals surface area contributed by atoms with E-state index in [1.807, 2.05) is 30.3 Å². The molecule has 136 valence electrons. The Balaban J connectivity index is 2.10. The predicted molar refractivity (Wildman–Crippen MR) is 107 cm³/mol. The van der Waals surface area contributed by atoms with Gasteiger partial charge in [-0.25, -0.2) is 4.79 Å². The van der Waals surface area contributed by atoms with Gasteiger partial charge in [-0.15, -0.1) is 0 Å². The van der Waals surface area contributed by atoms with Crippen molar-refractivity contribution in [1.29, 1.82) is 0 Å². The molecule has 1 heterocycles. The number of aromatic hydroxyl groups is 1. The van der Waals surface area contributed by atoms with Gasteiger partial charge < -0.3 is 14.4 Å². The molecule has 3 aromatic carbocycles. The zero-order valence-electron chi connectivity index (χ0n) is 15.4. The maximum atomic E-state index is 12.4. The number of rotatable bonds is 4. The fraction of sp³-hybridized carbons (Fsp3) is 0.174. The maximum absolute atomic E-state index is 12.4. The third kappa shape index (κ3) is 2.83. The topological polar surface area (TPSA) is 51.5 Å². The van der Waals surface area contributed by atoms with Crippen LogP contribution in [0.25, 0.3) is 21.8 Å². The Kier molecular flexibility index (Phi) is 4.32. The van der Waals surface area contributed by atoms with Gasteiger partial charge in [0.05, 0.1) is 29.1 Å². The summed E-state index contributed by atoms with van der Waals surface area (Å²) in [5.74, 6) is -0.212. The molecule has 0 aliphatic heterocycles. The first-order valence-corrected chi connectivity index (χ1v) is 9.03. The van der Waals surface area contributed by atoms with Crippen LogP contribution in [0, 0.1) is 0 Å². The van der Waals surface area contributed by atoms with Crippen molar-refractivity contribution in [3.05, 3.63) is 77.4 Å². The van der Waals surface area contributed by atoms with E-state index in [-0.39, 0.29) is 5.75 Å². The number of esters is 1. The lowest BCUT2D eigenvalue weighted by Crippen LogP contribution is -2.02. The number of phenols is 1. The standard InChI is InChI=1S/C23H21NO3/c1-3-15-12-19-22(20(25)13-15)21-17(23(26)27-2)10-7-11-18(21)24(19)14-16-8-5-4-6-9-16/h4-13,25H,3,14H2,1-2H3. The van der Waals surface area contributed by atoms with Gasteiger partial charge in [0.25, 0.3) is 0 Å².